The van der Waals surface area contributed by atoms with Crippen molar-refractivity contribution in [2.24, 2.45) is 0 Å². The Morgan fingerprint density at radius 1 is 0.933 bits per heavy atom. The highest BCUT2D eigenvalue weighted by molar-refractivity contribution is 5.93. The predicted octanol–water partition coefficient (Wildman–Crippen LogP) is 2.99. The molecule has 1 N–H and O–H groups in total. The summed E-state index contributed by atoms with van der Waals surface area (Å²) in [6.07, 6.45) is 2.54. The molecular weight excluding hydrogens is 382 g/mol. The topological polar surface area (TPSA) is 91.6 Å². The average Bonchev–Trinajstić information content (AvgIpc) is 3.19. The van der Waals surface area contributed by atoms with Crippen molar-refractivity contribution in [1.82, 2.24) is 24.3 Å². The Morgan fingerprint density at radius 2 is 1.60 bits per heavy atom. The Hall–Kier alpha value is -3.68. The van der Waals surface area contributed by atoms with E-state index in [4.69, 9.17) is 5.11 Å². The van der Waals surface area contributed by atoms with Crippen LogP contribution in [0.1, 0.15) is 21.7 Å². The smallest absolute Gasteiger partial charge is 0.407 e. The summed E-state index contributed by atoms with van der Waals surface area (Å²) in [6.45, 7) is 5.24. The van der Waals surface area contributed by atoms with Gasteiger partial charge in [-0.1, -0.05) is 17.7 Å². The van der Waals surface area contributed by atoms with Crippen molar-refractivity contribution in [2.45, 2.75) is 13.8 Å². The second-order valence-corrected chi connectivity index (χ2v) is 7.41. The van der Waals surface area contributed by atoms with Crippen LogP contribution in [0.5, 0.6) is 0 Å². The lowest BCUT2D eigenvalue weighted by Gasteiger charge is -2.32. The van der Waals surface area contributed by atoms with E-state index in [0.717, 1.165) is 22.5 Å². The third-order valence-corrected chi connectivity index (χ3v) is 5.24. The zero-order valence-corrected chi connectivity index (χ0v) is 16.9. The highest BCUT2D eigenvalue weighted by atomic mass is 16.4. The van der Waals surface area contributed by atoms with Crippen molar-refractivity contribution in [3.05, 3.63) is 65.7 Å². The molecule has 1 aliphatic heterocycles. The number of aryl methyl sites for hydroxylation is 2. The largest absolute Gasteiger partial charge is 0.465 e. The Kier molecular flexibility index (Phi) is 5.22. The molecule has 0 radical (unpaired) electrons. The number of rotatable bonds is 3. The summed E-state index contributed by atoms with van der Waals surface area (Å²) in [5.74, 6) is 0.436. The van der Waals surface area contributed by atoms with Crippen LogP contribution in [0.15, 0.2) is 48.8 Å². The summed E-state index contributed by atoms with van der Waals surface area (Å²) in [7, 11) is 0. The van der Waals surface area contributed by atoms with Crippen molar-refractivity contribution < 1.29 is 14.7 Å². The number of piperazine rings is 1. The molecule has 0 spiro atoms. The van der Waals surface area contributed by atoms with Crippen LogP contribution >= 0.6 is 0 Å². The van der Waals surface area contributed by atoms with E-state index >= 15 is 0 Å². The first-order valence-electron chi connectivity index (χ1n) is 9.79. The van der Waals surface area contributed by atoms with Gasteiger partial charge in [0.05, 0.1) is 0 Å². The fraction of sp³-hybridized carbons (Fsp3) is 0.273. The van der Waals surface area contributed by atoms with Crippen LogP contribution in [0.4, 0.5) is 4.79 Å². The van der Waals surface area contributed by atoms with Gasteiger partial charge >= 0.3 is 6.09 Å². The van der Waals surface area contributed by atoms with Gasteiger partial charge in [0.2, 0.25) is 0 Å². The second-order valence-electron chi connectivity index (χ2n) is 7.41. The number of benzene rings is 1. The normalized spacial score (nSPS) is 14.1. The summed E-state index contributed by atoms with van der Waals surface area (Å²) >= 11 is 0. The molecule has 3 aromatic rings. The van der Waals surface area contributed by atoms with Gasteiger partial charge in [-0.15, -0.1) is 0 Å². The number of carbonyl (C=O) groups is 2. The highest BCUT2D eigenvalue weighted by Gasteiger charge is 2.27. The first-order chi connectivity index (χ1) is 14.4. The minimum atomic E-state index is -0.958. The molecule has 3 heterocycles. The van der Waals surface area contributed by atoms with Crippen LogP contribution in [0.2, 0.25) is 0 Å². The molecule has 1 fully saturated rings. The molecule has 0 bridgehead atoms. The third-order valence-electron chi connectivity index (χ3n) is 5.24. The zero-order chi connectivity index (χ0) is 21.3. The van der Waals surface area contributed by atoms with Crippen LogP contribution in [0, 0.1) is 13.8 Å². The first kappa shape index (κ1) is 19.6. The van der Waals surface area contributed by atoms with Crippen molar-refractivity contribution >= 4 is 12.0 Å². The Labute approximate surface area is 174 Å². The van der Waals surface area contributed by atoms with Gasteiger partial charge in [-0.2, -0.15) is 0 Å². The molecular formula is C22H23N5O3. The minimum absolute atomic E-state index is 0.202. The number of carbonyl (C=O) groups excluding carboxylic acids is 1. The number of aromatic nitrogens is 3. The molecule has 0 aliphatic carbocycles. The molecule has 1 aromatic carbocycles. The van der Waals surface area contributed by atoms with Gasteiger partial charge in [0.15, 0.2) is 0 Å². The van der Waals surface area contributed by atoms with Crippen LogP contribution in [0.25, 0.3) is 17.1 Å². The number of hydrogen-bond donors (Lipinski definition) is 1. The number of hydrogen-bond acceptors (Lipinski definition) is 4. The quantitative estimate of drug-likeness (QED) is 0.723. The summed E-state index contributed by atoms with van der Waals surface area (Å²) in [5, 5.41) is 9.11. The number of amides is 2. The van der Waals surface area contributed by atoms with E-state index in [9.17, 15) is 9.59 Å². The van der Waals surface area contributed by atoms with Crippen molar-refractivity contribution in [3.8, 4) is 17.1 Å². The van der Waals surface area contributed by atoms with Gasteiger partial charge in [-0.3, -0.25) is 14.3 Å². The van der Waals surface area contributed by atoms with E-state index in [1.165, 1.54) is 4.90 Å². The second kappa shape index (κ2) is 7.98. The predicted molar refractivity (Wildman–Crippen MR) is 112 cm³/mol. The van der Waals surface area contributed by atoms with Gasteiger partial charge in [0, 0.05) is 55.5 Å². The number of pyridine rings is 1. The lowest BCUT2D eigenvalue weighted by atomic mass is 10.2. The number of imidazole rings is 1. The number of nitrogens with zero attached hydrogens (tertiary/aromatic N) is 5. The minimum Gasteiger partial charge on any atom is -0.465 e. The monoisotopic (exact) mass is 405 g/mol. The molecule has 8 nitrogen and oxygen atoms in total. The highest BCUT2D eigenvalue weighted by Crippen LogP contribution is 2.24. The van der Waals surface area contributed by atoms with Crippen LogP contribution in [-0.2, 0) is 0 Å². The molecule has 0 saturated carbocycles. The lowest BCUT2D eigenvalue weighted by molar-refractivity contribution is 0.0620. The molecule has 4 rings (SSSR count). The molecule has 1 saturated heterocycles. The molecule has 0 unspecified atom stereocenters. The van der Waals surface area contributed by atoms with Crippen molar-refractivity contribution in [3.63, 3.8) is 0 Å². The molecule has 0 atom stereocenters. The van der Waals surface area contributed by atoms with E-state index in [2.05, 4.69) is 9.97 Å². The van der Waals surface area contributed by atoms with Crippen LogP contribution in [0.3, 0.4) is 0 Å². The van der Waals surface area contributed by atoms with E-state index in [1.54, 1.807) is 17.3 Å². The Balaban J connectivity index is 1.68. The SMILES string of the molecule is Cc1ccc(-n2cc(C(=O)N3CCN(C(=O)O)CC3)nc2-c2ccc(C)nc2)cc1. The molecule has 1 aliphatic rings. The van der Waals surface area contributed by atoms with E-state index in [-0.39, 0.29) is 5.91 Å². The van der Waals surface area contributed by atoms with Crippen LogP contribution in [-0.4, -0.2) is 67.6 Å². The van der Waals surface area contributed by atoms with E-state index < -0.39 is 6.09 Å². The molecule has 30 heavy (non-hydrogen) atoms. The fourth-order valence-electron chi connectivity index (χ4n) is 3.45. The third kappa shape index (κ3) is 3.89. The summed E-state index contributed by atoms with van der Waals surface area (Å²) in [6, 6.07) is 11.9. The summed E-state index contributed by atoms with van der Waals surface area (Å²) < 4.78 is 1.90. The molecule has 2 amide bonds. The molecule has 8 heteroatoms. The van der Waals surface area contributed by atoms with E-state index in [1.807, 2.05) is 54.8 Å². The Bertz CT molecular complexity index is 1000. The maximum atomic E-state index is 13.1. The van der Waals surface area contributed by atoms with Gasteiger partial charge in [-0.25, -0.2) is 9.78 Å². The van der Waals surface area contributed by atoms with Gasteiger partial charge < -0.3 is 14.9 Å². The van der Waals surface area contributed by atoms with Crippen LogP contribution < -0.4 is 0 Å². The molecule has 2 aromatic heterocycles. The fourth-order valence-corrected chi connectivity index (χ4v) is 3.45. The first-order valence-corrected chi connectivity index (χ1v) is 9.79. The summed E-state index contributed by atoms with van der Waals surface area (Å²) in [5.41, 5.74) is 4.09. The maximum absolute atomic E-state index is 13.1. The average molecular weight is 405 g/mol. The number of carboxylic acid groups (broad SMARTS) is 1. The van der Waals surface area contributed by atoms with Gasteiger partial charge in [0.1, 0.15) is 11.5 Å². The standard InChI is InChI=1S/C22H23N5O3/c1-15-3-7-18(8-4-15)27-14-19(24-20(27)17-6-5-16(2)23-13-17)21(28)25-9-11-26(12-10-25)22(29)30/h3-8,13-14H,9-12H2,1-2H3,(H,29,30). The van der Waals surface area contributed by atoms with Gasteiger partial charge in [0.25, 0.3) is 5.91 Å². The Morgan fingerprint density at radius 3 is 2.20 bits per heavy atom. The molecule has 154 valence electrons. The van der Waals surface area contributed by atoms with Gasteiger partial charge in [-0.05, 0) is 38.1 Å². The van der Waals surface area contributed by atoms with Crippen molar-refractivity contribution in [2.75, 3.05) is 26.2 Å². The lowest BCUT2D eigenvalue weighted by Crippen LogP contribution is -2.50. The summed E-state index contributed by atoms with van der Waals surface area (Å²) in [4.78, 5) is 36.2. The maximum Gasteiger partial charge on any atom is 0.407 e. The van der Waals surface area contributed by atoms with Crippen molar-refractivity contribution in [1.29, 1.82) is 0 Å². The van der Waals surface area contributed by atoms with E-state index in [0.29, 0.717) is 37.7 Å². The zero-order valence-electron chi connectivity index (χ0n) is 16.9.